The van der Waals surface area contributed by atoms with E-state index in [2.05, 4.69) is 63.1 Å². The molecule has 0 bridgehead atoms. The summed E-state index contributed by atoms with van der Waals surface area (Å²) in [7, 11) is 0. The van der Waals surface area contributed by atoms with Crippen LogP contribution < -0.4 is 0 Å². The second-order valence-electron chi connectivity index (χ2n) is 5.41. The molecule has 100 valence electrons. The maximum Gasteiger partial charge on any atom is 0.0708 e. The summed E-state index contributed by atoms with van der Waals surface area (Å²) in [5.41, 5.74) is 3.63. The quantitative estimate of drug-likeness (QED) is 0.781. The van der Waals surface area contributed by atoms with Gasteiger partial charge in [-0.3, -0.25) is 9.88 Å². The highest BCUT2D eigenvalue weighted by Crippen LogP contribution is 2.23. The van der Waals surface area contributed by atoms with E-state index in [-0.39, 0.29) is 0 Å². The molecule has 1 saturated heterocycles. The number of fused-ring (bicyclic) bond motifs is 1. The Labute approximate surface area is 123 Å². The SMILES string of the molecule is Cc1cc(CN2CCCC(Br)C2)c2ccccc2n1. The maximum absolute atomic E-state index is 4.62. The Bertz CT molecular complexity index is 582. The van der Waals surface area contributed by atoms with Crippen LogP contribution in [0.4, 0.5) is 0 Å². The molecule has 3 heteroatoms. The third-order valence-corrected chi connectivity index (χ3v) is 4.52. The van der Waals surface area contributed by atoms with Gasteiger partial charge in [-0.05, 0) is 44.0 Å². The Hall–Kier alpha value is -0.930. The number of aryl methyl sites for hydroxylation is 1. The first-order valence-electron chi connectivity index (χ1n) is 6.94. The smallest absolute Gasteiger partial charge is 0.0708 e. The van der Waals surface area contributed by atoms with Gasteiger partial charge >= 0.3 is 0 Å². The first-order chi connectivity index (χ1) is 9.22. The van der Waals surface area contributed by atoms with Gasteiger partial charge in [0.25, 0.3) is 0 Å². The number of hydrogen-bond acceptors (Lipinski definition) is 2. The van der Waals surface area contributed by atoms with E-state index < -0.39 is 0 Å². The van der Waals surface area contributed by atoms with Gasteiger partial charge in [-0.2, -0.15) is 0 Å². The van der Waals surface area contributed by atoms with E-state index in [9.17, 15) is 0 Å². The second kappa shape index (κ2) is 5.59. The van der Waals surface area contributed by atoms with E-state index in [0.29, 0.717) is 4.83 Å². The van der Waals surface area contributed by atoms with Crippen LogP contribution in [0, 0.1) is 6.92 Å². The van der Waals surface area contributed by atoms with Crippen LogP contribution in [0.5, 0.6) is 0 Å². The Morgan fingerprint density at radius 1 is 1.37 bits per heavy atom. The van der Waals surface area contributed by atoms with Crippen molar-refractivity contribution < 1.29 is 0 Å². The van der Waals surface area contributed by atoms with Crippen LogP contribution in [-0.4, -0.2) is 27.8 Å². The van der Waals surface area contributed by atoms with Gasteiger partial charge in [0.05, 0.1) is 5.52 Å². The van der Waals surface area contributed by atoms with E-state index in [1.807, 2.05) is 0 Å². The highest BCUT2D eigenvalue weighted by molar-refractivity contribution is 9.09. The number of hydrogen-bond donors (Lipinski definition) is 0. The second-order valence-corrected chi connectivity index (χ2v) is 6.71. The van der Waals surface area contributed by atoms with Crippen molar-refractivity contribution >= 4 is 26.8 Å². The van der Waals surface area contributed by atoms with Crippen molar-refractivity contribution in [2.45, 2.75) is 31.1 Å². The molecule has 1 aliphatic heterocycles. The summed E-state index contributed by atoms with van der Waals surface area (Å²) in [5, 5.41) is 1.30. The fourth-order valence-corrected chi connectivity index (χ4v) is 3.64. The van der Waals surface area contributed by atoms with Gasteiger partial charge in [-0.15, -0.1) is 0 Å². The Morgan fingerprint density at radius 2 is 2.21 bits per heavy atom. The molecule has 0 spiro atoms. The Kier molecular flexibility index (Phi) is 3.85. The van der Waals surface area contributed by atoms with Crippen molar-refractivity contribution in [2.24, 2.45) is 0 Å². The lowest BCUT2D eigenvalue weighted by Gasteiger charge is -2.30. The Morgan fingerprint density at radius 3 is 3.05 bits per heavy atom. The van der Waals surface area contributed by atoms with E-state index in [1.54, 1.807) is 0 Å². The Balaban J connectivity index is 1.91. The number of halogens is 1. The molecular weight excluding hydrogens is 300 g/mol. The van der Waals surface area contributed by atoms with Gasteiger partial charge in [0.15, 0.2) is 0 Å². The highest BCUT2D eigenvalue weighted by Gasteiger charge is 2.18. The van der Waals surface area contributed by atoms with E-state index >= 15 is 0 Å². The fourth-order valence-electron chi connectivity index (χ4n) is 2.91. The molecule has 1 aromatic heterocycles. The third-order valence-electron chi connectivity index (χ3n) is 3.77. The zero-order valence-electron chi connectivity index (χ0n) is 11.3. The molecule has 1 aromatic carbocycles. The molecule has 1 atom stereocenters. The highest BCUT2D eigenvalue weighted by atomic mass is 79.9. The number of piperidine rings is 1. The number of para-hydroxylation sites is 1. The molecule has 1 fully saturated rings. The van der Waals surface area contributed by atoms with E-state index in [1.165, 1.54) is 30.3 Å². The lowest BCUT2D eigenvalue weighted by molar-refractivity contribution is 0.228. The average Bonchev–Trinajstić information content (AvgIpc) is 2.38. The number of aromatic nitrogens is 1. The maximum atomic E-state index is 4.62. The fraction of sp³-hybridized carbons (Fsp3) is 0.438. The molecule has 0 saturated carbocycles. The first-order valence-corrected chi connectivity index (χ1v) is 7.85. The summed E-state index contributed by atoms with van der Waals surface area (Å²) in [4.78, 5) is 7.81. The van der Waals surface area contributed by atoms with Crippen LogP contribution in [0.25, 0.3) is 10.9 Å². The molecule has 3 rings (SSSR count). The van der Waals surface area contributed by atoms with Crippen LogP contribution in [0.15, 0.2) is 30.3 Å². The van der Waals surface area contributed by atoms with E-state index in [4.69, 9.17) is 0 Å². The normalized spacial score (nSPS) is 20.8. The summed E-state index contributed by atoms with van der Waals surface area (Å²) in [6.07, 6.45) is 2.59. The van der Waals surface area contributed by atoms with Crippen molar-refractivity contribution in [3.05, 3.63) is 41.6 Å². The van der Waals surface area contributed by atoms with Crippen LogP contribution in [0.2, 0.25) is 0 Å². The van der Waals surface area contributed by atoms with Crippen molar-refractivity contribution in [3.63, 3.8) is 0 Å². The number of benzene rings is 1. The lowest BCUT2D eigenvalue weighted by atomic mass is 10.1. The minimum atomic E-state index is 0.649. The zero-order chi connectivity index (χ0) is 13.2. The zero-order valence-corrected chi connectivity index (χ0v) is 12.9. The van der Waals surface area contributed by atoms with Gasteiger partial charge in [-0.1, -0.05) is 34.1 Å². The minimum Gasteiger partial charge on any atom is -0.298 e. The molecular formula is C16H19BrN2. The van der Waals surface area contributed by atoms with Crippen molar-refractivity contribution in [1.82, 2.24) is 9.88 Å². The van der Waals surface area contributed by atoms with E-state index in [0.717, 1.165) is 24.3 Å². The number of pyridine rings is 1. The number of rotatable bonds is 2. The molecule has 2 aromatic rings. The summed E-state index contributed by atoms with van der Waals surface area (Å²) >= 11 is 3.75. The van der Waals surface area contributed by atoms with Gasteiger partial charge < -0.3 is 0 Å². The standard InChI is InChI=1S/C16H19BrN2/c1-12-9-13(10-19-8-4-5-14(17)11-19)15-6-2-3-7-16(15)18-12/h2-3,6-7,9,14H,4-5,8,10-11H2,1H3. The van der Waals surface area contributed by atoms with Gasteiger partial charge in [0, 0.05) is 29.0 Å². The van der Waals surface area contributed by atoms with Gasteiger partial charge in [-0.25, -0.2) is 0 Å². The molecule has 0 radical (unpaired) electrons. The van der Waals surface area contributed by atoms with Crippen LogP contribution in [0.3, 0.4) is 0 Å². The molecule has 0 aliphatic carbocycles. The summed E-state index contributed by atoms with van der Waals surface area (Å²) in [6, 6.07) is 10.7. The topological polar surface area (TPSA) is 16.1 Å². The van der Waals surface area contributed by atoms with Crippen molar-refractivity contribution in [1.29, 1.82) is 0 Å². The predicted molar refractivity (Wildman–Crippen MR) is 83.7 cm³/mol. The number of likely N-dealkylation sites (tertiary alicyclic amines) is 1. The van der Waals surface area contributed by atoms with Crippen LogP contribution >= 0.6 is 15.9 Å². The lowest BCUT2D eigenvalue weighted by Crippen LogP contribution is -2.35. The van der Waals surface area contributed by atoms with Gasteiger partial charge in [0.2, 0.25) is 0 Å². The molecule has 0 amide bonds. The molecule has 19 heavy (non-hydrogen) atoms. The molecule has 1 aliphatic rings. The molecule has 2 heterocycles. The third kappa shape index (κ3) is 2.98. The van der Waals surface area contributed by atoms with Crippen molar-refractivity contribution in [3.8, 4) is 0 Å². The monoisotopic (exact) mass is 318 g/mol. The van der Waals surface area contributed by atoms with Crippen molar-refractivity contribution in [2.75, 3.05) is 13.1 Å². The summed E-state index contributed by atoms with van der Waals surface area (Å²) in [5.74, 6) is 0. The molecule has 1 unspecified atom stereocenters. The summed E-state index contributed by atoms with van der Waals surface area (Å²) < 4.78 is 0. The number of alkyl halides is 1. The predicted octanol–water partition coefficient (Wildman–Crippen LogP) is 3.90. The van der Waals surface area contributed by atoms with Crippen LogP contribution in [0.1, 0.15) is 24.1 Å². The summed E-state index contributed by atoms with van der Waals surface area (Å²) in [6.45, 7) is 5.47. The van der Waals surface area contributed by atoms with Crippen LogP contribution in [-0.2, 0) is 6.54 Å². The molecule has 0 N–H and O–H groups in total. The first kappa shape index (κ1) is 13.1. The van der Waals surface area contributed by atoms with Gasteiger partial charge in [0.1, 0.15) is 0 Å². The minimum absolute atomic E-state index is 0.649. The molecule has 2 nitrogen and oxygen atoms in total. The largest absolute Gasteiger partial charge is 0.298 e. The average molecular weight is 319 g/mol. The number of nitrogens with zero attached hydrogens (tertiary/aromatic N) is 2.